The second-order valence-electron chi connectivity index (χ2n) is 2.53. The average molecular weight is 230 g/mol. The van der Waals surface area contributed by atoms with Crippen LogP contribution in [0.3, 0.4) is 0 Å². The predicted molar refractivity (Wildman–Crippen MR) is 51.9 cm³/mol. The van der Waals surface area contributed by atoms with Crippen LogP contribution in [0.5, 0.6) is 0 Å². The minimum absolute atomic E-state index is 0.0920. The molecular formula is C7H4ClN3O2S. The van der Waals surface area contributed by atoms with Gasteiger partial charge in [0.25, 0.3) is 0 Å². The maximum absolute atomic E-state index is 10.8. The van der Waals surface area contributed by atoms with Crippen LogP contribution in [0.1, 0.15) is 15.5 Å². The van der Waals surface area contributed by atoms with Gasteiger partial charge in [-0.1, -0.05) is 0 Å². The number of fused-ring (bicyclic) bond motifs is 1. The molecule has 1 N–H and O–H groups in total. The van der Waals surface area contributed by atoms with Gasteiger partial charge in [-0.25, -0.2) is 14.8 Å². The van der Waals surface area contributed by atoms with Gasteiger partial charge in [0.1, 0.15) is 4.70 Å². The van der Waals surface area contributed by atoms with Crippen molar-refractivity contribution in [3.63, 3.8) is 0 Å². The molecule has 0 aliphatic carbocycles. The number of carboxylic acids is 1. The van der Waals surface area contributed by atoms with Crippen molar-refractivity contribution in [2.75, 3.05) is 0 Å². The first-order valence-electron chi connectivity index (χ1n) is 3.62. The SMILES string of the molecule is Cc1nc2nc(Cl)nc(C(=O)O)c2s1. The fraction of sp³-hybridized carbons (Fsp3) is 0.143. The van der Waals surface area contributed by atoms with E-state index >= 15 is 0 Å². The first-order valence-corrected chi connectivity index (χ1v) is 4.81. The largest absolute Gasteiger partial charge is 0.476 e. The van der Waals surface area contributed by atoms with E-state index in [1.165, 1.54) is 11.3 Å². The Hall–Kier alpha value is -1.27. The monoisotopic (exact) mass is 229 g/mol. The van der Waals surface area contributed by atoms with E-state index in [4.69, 9.17) is 16.7 Å². The van der Waals surface area contributed by atoms with Crippen molar-refractivity contribution >= 4 is 39.3 Å². The lowest BCUT2D eigenvalue weighted by Gasteiger charge is -1.94. The van der Waals surface area contributed by atoms with Crippen LogP contribution >= 0.6 is 22.9 Å². The Bertz CT molecular complexity index is 525. The summed E-state index contributed by atoms with van der Waals surface area (Å²) >= 11 is 6.80. The third kappa shape index (κ3) is 1.42. The van der Waals surface area contributed by atoms with Crippen LogP contribution in [-0.4, -0.2) is 26.0 Å². The van der Waals surface area contributed by atoms with Gasteiger partial charge in [0, 0.05) is 0 Å². The van der Waals surface area contributed by atoms with E-state index in [9.17, 15) is 4.79 Å². The molecule has 0 saturated carbocycles. The molecule has 0 saturated heterocycles. The summed E-state index contributed by atoms with van der Waals surface area (Å²) in [4.78, 5) is 22.3. The number of halogens is 1. The number of aromatic nitrogens is 3. The normalized spacial score (nSPS) is 10.7. The Morgan fingerprint density at radius 3 is 2.79 bits per heavy atom. The van der Waals surface area contributed by atoms with Crippen LogP contribution in [0.15, 0.2) is 0 Å². The van der Waals surface area contributed by atoms with Gasteiger partial charge in [-0.15, -0.1) is 11.3 Å². The third-order valence-corrected chi connectivity index (χ3v) is 2.67. The van der Waals surface area contributed by atoms with Crippen molar-refractivity contribution in [2.45, 2.75) is 6.92 Å². The summed E-state index contributed by atoms with van der Waals surface area (Å²) in [5, 5.41) is 9.48. The molecular weight excluding hydrogens is 226 g/mol. The summed E-state index contributed by atoms with van der Waals surface area (Å²) in [5.41, 5.74) is 0.246. The van der Waals surface area contributed by atoms with E-state index in [0.29, 0.717) is 10.3 Å². The number of rotatable bonds is 1. The Morgan fingerprint density at radius 2 is 2.14 bits per heavy atom. The zero-order valence-electron chi connectivity index (χ0n) is 6.98. The van der Waals surface area contributed by atoms with E-state index in [0.717, 1.165) is 5.01 Å². The van der Waals surface area contributed by atoms with E-state index in [2.05, 4.69) is 15.0 Å². The van der Waals surface area contributed by atoms with Crippen LogP contribution < -0.4 is 0 Å². The van der Waals surface area contributed by atoms with Gasteiger partial charge < -0.3 is 5.11 Å². The number of carbonyl (C=O) groups is 1. The number of thiazole rings is 1. The molecule has 2 aromatic heterocycles. The predicted octanol–water partition coefficient (Wildman–Crippen LogP) is 1.75. The highest BCUT2D eigenvalue weighted by Gasteiger charge is 2.16. The standard InChI is InChI=1S/C7H4ClN3O2S/c1-2-9-5-4(14-2)3(6(12)13)10-7(8)11-5/h1H3,(H,12,13). The van der Waals surface area contributed by atoms with Crippen molar-refractivity contribution in [2.24, 2.45) is 0 Å². The quantitative estimate of drug-likeness (QED) is 0.754. The van der Waals surface area contributed by atoms with Gasteiger partial charge in [-0.3, -0.25) is 0 Å². The molecule has 7 heteroatoms. The van der Waals surface area contributed by atoms with Crippen LogP contribution in [0.2, 0.25) is 5.28 Å². The molecule has 0 aliphatic heterocycles. The molecule has 0 spiro atoms. The molecule has 0 bridgehead atoms. The molecule has 72 valence electrons. The number of nitrogens with zero attached hydrogens (tertiary/aromatic N) is 3. The van der Waals surface area contributed by atoms with Crippen molar-refractivity contribution in [3.8, 4) is 0 Å². The van der Waals surface area contributed by atoms with Gasteiger partial charge in [-0.2, -0.15) is 4.98 Å². The van der Waals surface area contributed by atoms with Crippen LogP contribution in [-0.2, 0) is 0 Å². The molecule has 0 fully saturated rings. The van der Waals surface area contributed by atoms with E-state index < -0.39 is 5.97 Å². The van der Waals surface area contributed by atoms with Crippen LogP contribution in [0.4, 0.5) is 0 Å². The molecule has 0 aliphatic rings. The molecule has 14 heavy (non-hydrogen) atoms. The number of carboxylic acid groups (broad SMARTS) is 1. The lowest BCUT2D eigenvalue weighted by Crippen LogP contribution is -2.01. The maximum Gasteiger partial charge on any atom is 0.356 e. The molecule has 0 aromatic carbocycles. The van der Waals surface area contributed by atoms with Crippen molar-refractivity contribution in [1.29, 1.82) is 0 Å². The highest BCUT2D eigenvalue weighted by molar-refractivity contribution is 7.18. The van der Waals surface area contributed by atoms with Crippen molar-refractivity contribution in [1.82, 2.24) is 15.0 Å². The second-order valence-corrected chi connectivity index (χ2v) is 4.07. The number of aryl methyl sites for hydroxylation is 1. The molecule has 0 amide bonds. The number of aromatic carboxylic acids is 1. The molecule has 0 atom stereocenters. The molecule has 0 radical (unpaired) electrons. The Labute approximate surface area is 87.4 Å². The first kappa shape index (κ1) is 9.29. The molecule has 0 unspecified atom stereocenters. The Morgan fingerprint density at radius 1 is 1.43 bits per heavy atom. The van der Waals surface area contributed by atoms with Crippen LogP contribution in [0, 0.1) is 6.92 Å². The molecule has 2 aromatic rings. The summed E-state index contributed by atoms with van der Waals surface area (Å²) in [7, 11) is 0. The molecule has 2 heterocycles. The Balaban J connectivity index is 2.85. The lowest BCUT2D eigenvalue weighted by molar-refractivity contribution is 0.0693. The van der Waals surface area contributed by atoms with Crippen molar-refractivity contribution < 1.29 is 9.90 Å². The minimum atomic E-state index is -1.12. The van der Waals surface area contributed by atoms with Gasteiger partial charge in [0.2, 0.25) is 5.28 Å². The zero-order chi connectivity index (χ0) is 10.3. The van der Waals surface area contributed by atoms with E-state index in [1.807, 2.05) is 0 Å². The van der Waals surface area contributed by atoms with E-state index in [-0.39, 0.29) is 11.0 Å². The minimum Gasteiger partial charge on any atom is -0.476 e. The van der Waals surface area contributed by atoms with E-state index in [1.54, 1.807) is 6.92 Å². The molecule has 5 nitrogen and oxygen atoms in total. The second kappa shape index (κ2) is 3.14. The highest BCUT2D eigenvalue weighted by atomic mass is 35.5. The summed E-state index contributed by atoms with van der Waals surface area (Å²) in [6.45, 7) is 1.77. The van der Waals surface area contributed by atoms with Crippen molar-refractivity contribution in [3.05, 3.63) is 16.0 Å². The third-order valence-electron chi connectivity index (χ3n) is 1.54. The van der Waals surface area contributed by atoms with Gasteiger partial charge in [0.15, 0.2) is 11.3 Å². The van der Waals surface area contributed by atoms with Crippen LogP contribution in [0.25, 0.3) is 10.3 Å². The number of hydrogen-bond acceptors (Lipinski definition) is 5. The molecule has 2 rings (SSSR count). The summed E-state index contributed by atoms with van der Waals surface area (Å²) in [6, 6.07) is 0. The number of hydrogen-bond donors (Lipinski definition) is 1. The topological polar surface area (TPSA) is 76.0 Å². The maximum atomic E-state index is 10.8. The highest BCUT2D eigenvalue weighted by Crippen LogP contribution is 2.24. The first-order chi connectivity index (χ1) is 6.58. The van der Waals surface area contributed by atoms with Gasteiger partial charge in [0.05, 0.1) is 5.01 Å². The smallest absolute Gasteiger partial charge is 0.356 e. The fourth-order valence-corrected chi connectivity index (χ4v) is 2.05. The lowest BCUT2D eigenvalue weighted by atomic mass is 10.4. The summed E-state index contributed by atoms with van der Waals surface area (Å²) in [6.07, 6.45) is 0. The van der Waals surface area contributed by atoms with Gasteiger partial charge in [-0.05, 0) is 18.5 Å². The average Bonchev–Trinajstić information content (AvgIpc) is 2.42. The zero-order valence-corrected chi connectivity index (χ0v) is 8.56. The fourth-order valence-electron chi connectivity index (χ4n) is 1.05. The summed E-state index contributed by atoms with van der Waals surface area (Å²) < 4.78 is 0.458. The summed E-state index contributed by atoms with van der Waals surface area (Å²) in [5.74, 6) is -1.12. The Kier molecular flexibility index (Phi) is 2.09. The van der Waals surface area contributed by atoms with Gasteiger partial charge >= 0.3 is 5.97 Å².